The van der Waals surface area contributed by atoms with Crippen molar-refractivity contribution in [1.29, 1.82) is 10.5 Å². The molecular weight excluding hydrogens is 190 g/mol. The second-order valence-corrected chi connectivity index (χ2v) is 5.96. The van der Waals surface area contributed by atoms with E-state index >= 15 is 0 Å². The zero-order valence-electron chi connectivity index (χ0n) is 7.72. The first-order chi connectivity index (χ1) is 5.90. The summed E-state index contributed by atoms with van der Waals surface area (Å²) in [5.74, 6) is -1.01. The van der Waals surface area contributed by atoms with E-state index in [0.717, 1.165) is 6.55 Å². The lowest BCUT2D eigenvalue weighted by atomic mass is 9.95. The summed E-state index contributed by atoms with van der Waals surface area (Å²) >= 11 is 0. The Balaban J connectivity index is 3.97. The van der Waals surface area contributed by atoms with Crippen LogP contribution in [0.25, 0.3) is 0 Å². The fourth-order valence-corrected chi connectivity index (χ4v) is 1.89. The van der Waals surface area contributed by atoms with E-state index in [9.17, 15) is 8.22 Å². The lowest BCUT2D eigenvalue weighted by molar-refractivity contribution is 0.476. The second-order valence-electron chi connectivity index (χ2n) is 3.32. The lowest BCUT2D eigenvalue weighted by Crippen LogP contribution is -2.19. The molecular formula is C8H12F2N2Si. The van der Waals surface area contributed by atoms with Gasteiger partial charge in [-0.3, -0.25) is 8.22 Å². The molecule has 5 heteroatoms. The molecule has 0 aliphatic rings. The molecule has 0 amide bonds. The van der Waals surface area contributed by atoms with Gasteiger partial charge in [0, 0.05) is 0 Å². The SMILES string of the molecule is CC(CC[Si](C)(F)F)C(C#N)C#N. The molecule has 72 valence electrons. The predicted molar refractivity (Wildman–Crippen MR) is 47.1 cm³/mol. The molecule has 1 atom stereocenters. The predicted octanol–water partition coefficient (Wildman–Crippen LogP) is 2.69. The third-order valence-corrected chi connectivity index (χ3v) is 3.05. The van der Waals surface area contributed by atoms with Crippen molar-refractivity contribution in [2.24, 2.45) is 11.8 Å². The van der Waals surface area contributed by atoms with Crippen LogP contribution >= 0.6 is 0 Å². The van der Waals surface area contributed by atoms with Crippen molar-refractivity contribution in [3.63, 3.8) is 0 Å². The molecule has 1 unspecified atom stereocenters. The Morgan fingerprint density at radius 3 is 2.08 bits per heavy atom. The summed E-state index contributed by atoms with van der Waals surface area (Å²) in [6.07, 6.45) is 0.265. The van der Waals surface area contributed by atoms with E-state index in [1.807, 2.05) is 0 Å². The first-order valence-electron chi connectivity index (χ1n) is 4.08. The normalized spacial score (nSPS) is 13.5. The summed E-state index contributed by atoms with van der Waals surface area (Å²) in [6.45, 7) is 2.64. The number of hydrogen-bond donors (Lipinski definition) is 0. The minimum atomic E-state index is -4.01. The van der Waals surface area contributed by atoms with Gasteiger partial charge in [0.05, 0.1) is 12.1 Å². The summed E-state index contributed by atoms with van der Waals surface area (Å²) in [6, 6.07) is 3.46. The van der Waals surface area contributed by atoms with E-state index < -0.39 is 14.7 Å². The lowest BCUT2D eigenvalue weighted by Gasteiger charge is -2.12. The average Bonchev–Trinajstić information content (AvgIpc) is 2.02. The van der Waals surface area contributed by atoms with Crippen molar-refractivity contribution in [2.45, 2.75) is 25.9 Å². The van der Waals surface area contributed by atoms with Gasteiger partial charge in [0.1, 0.15) is 5.92 Å². The molecule has 0 saturated carbocycles. The summed E-state index contributed by atoms with van der Waals surface area (Å²) in [7, 11) is -4.01. The zero-order valence-corrected chi connectivity index (χ0v) is 8.72. The summed E-state index contributed by atoms with van der Waals surface area (Å²) in [5.41, 5.74) is 0. The molecule has 0 rings (SSSR count). The average molecular weight is 202 g/mol. The first-order valence-corrected chi connectivity index (χ1v) is 6.54. The van der Waals surface area contributed by atoms with Gasteiger partial charge in [0.25, 0.3) is 0 Å². The number of nitriles is 2. The van der Waals surface area contributed by atoms with Crippen LogP contribution in [0.15, 0.2) is 0 Å². The van der Waals surface area contributed by atoms with Crippen molar-refractivity contribution >= 4 is 8.74 Å². The zero-order chi connectivity index (χ0) is 10.5. The highest BCUT2D eigenvalue weighted by Crippen LogP contribution is 2.23. The van der Waals surface area contributed by atoms with Gasteiger partial charge >= 0.3 is 8.74 Å². The van der Waals surface area contributed by atoms with Crippen LogP contribution in [0.4, 0.5) is 8.22 Å². The maximum Gasteiger partial charge on any atom is 0.422 e. The Morgan fingerprint density at radius 1 is 1.31 bits per heavy atom. The van der Waals surface area contributed by atoms with Crippen molar-refractivity contribution in [3.05, 3.63) is 0 Å². The number of rotatable bonds is 4. The Labute approximate surface area is 78.1 Å². The quantitative estimate of drug-likeness (QED) is 0.519. The third-order valence-electron chi connectivity index (χ3n) is 1.89. The van der Waals surface area contributed by atoms with E-state index in [-0.39, 0.29) is 18.4 Å². The molecule has 0 aromatic heterocycles. The number of halogens is 2. The molecule has 0 bridgehead atoms. The van der Waals surface area contributed by atoms with Crippen LogP contribution in [0.1, 0.15) is 13.3 Å². The summed E-state index contributed by atoms with van der Waals surface area (Å²) in [5, 5.41) is 17.0. The van der Waals surface area contributed by atoms with Gasteiger partial charge in [-0.15, -0.1) is 0 Å². The second kappa shape index (κ2) is 4.93. The standard InChI is InChI=1S/C8H12F2N2Si/c1-7(8(5-11)6-12)3-4-13(2,9)10/h7-8H,3-4H2,1-2H3. The molecule has 0 aromatic rings. The molecule has 0 spiro atoms. The third kappa shape index (κ3) is 5.32. The van der Waals surface area contributed by atoms with Gasteiger partial charge < -0.3 is 0 Å². The highest BCUT2D eigenvalue weighted by Gasteiger charge is 2.29. The fourth-order valence-electron chi connectivity index (χ4n) is 0.931. The minimum Gasteiger partial charge on any atom is -0.271 e. The van der Waals surface area contributed by atoms with Crippen LogP contribution in [0.2, 0.25) is 12.6 Å². The molecule has 0 N–H and O–H groups in total. The molecule has 0 aliphatic heterocycles. The first kappa shape index (κ1) is 12.1. The highest BCUT2D eigenvalue weighted by molar-refractivity contribution is 6.64. The maximum absolute atomic E-state index is 12.5. The van der Waals surface area contributed by atoms with E-state index in [2.05, 4.69) is 0 Å². The monoisotopic (exact) mass is 202 g/mol. The van der Waals surface area contributed by atoms with E-state index in [1.54, 1.807) is 19.1 Å². The fraction of sp³-hybridized carbons (Fsp3) is 0.750. The van der Waals surface area contributed by atoms with Crippen LogP contribution in [0.3, 0.4) is 0 Å². The van der Waals surface area contributed by atoms with Crippen molar-refractivity contribution in [2.75, 3.05) is 0 Å². The van der Waals surface area contributed by atoms with Crippen LogP contribution in [-0.2, 0) is 0 Å². The summed E-state index contributed by atoms with van der Waals surface area (Å²) < 4.78 is 25.1. The van der Waals surface area contributed by atoms with Crippen LogP contribution in [0, 0.1) is 34.5 Å². The van der Waals surface area contributed by atoms with Crippen LogP contribution in [-0.4, -0.2) is 8.74 Å². The number of hydrogen-bond acceptors (Lipinski definition) is 2. The number of nitrogens with zero attached hydrogens (tertiary/aromatic N) is 2. The Kier molecular flexibility index (Phi) is 4.57. The summed E-state index contributed by atoms with van der Waals surface area (Å²) in [4.78, 5) is 0. The Morgan fingerprint density at radius 2 is 1.77 bits per heavy atom. The largest absolute Gasteiger partial charge is 0.422 e. The van der Waals surface area contributed by atoms with Gasteiger partial charge in [-0.2, -0.15) is 10.5 Å². The van der Waals surface area contributed by atoms with E-state index in [4.69, 9.17) is 10.5 Å². The maximum atomic E-state index is 12.5. The molecule has 0 saturated heterocycles. The molecule has 2 nitrogen and oxygen atoms in total. The molecule has 13 heavy (non-hydrogen) atoms. The van der Waals surface area contributed by atoms with Crippen molar-refractivity contribution in [3.8, 4) is 12.1 Å². The van der Waals surface area contributed by atoms with Crippen LogP contribution < -0.4 is 0 Å². The molecule has 0 aromatic carbocycles. The van der Waals surface area contributed by atoms with Gasteiger partial charge in [0.15, 0.2) is 0 Å². The van der Waals surface area contributed by atoms with Crippen molar-refractivity contribution in [1.82, 2.24) is 0 Å². The molecule has 0 fully saturated rings. The van der Waals surface area contributed by atoms with E-state index in [0.29, 0.717) is 0 Å². The Hall–Kier alpha value is -0.943. The van der Waals surface area contributed by atoms with Gasteiger partial charge in [-0.25, -0.2) is 0 Å². The van der Waals surface area contributed by atoms with Crippen molar-refractivity contribution < 1.29 is 8.22 Å². The van der Waals surface area contributed by atoms with Crippen LogP contribution in [0.5, 0.6) is 0 Å². The van der Waals surface area contributed by atoms with E-state index in [1.165, 1.54) is 0 Å². The Bertz CT molecular complexity index is 222. The molecule has 0 heterocycles. The highest BCUT2D eigenvalue weighted by atomic mass is 28.4. The molecule has 0 radical (unpaired) electrons. The molecule has 0 aliphatic carbocycles. The topological polar surface area (TPSA) is 47.6 Å². The van der Waals surface area contributed by atoms with Gasteiger partial charge in [0.2, 0.25) is 0 Å². The minimum absolute atomic E-state index is 0.131. The smallest absolute Gasteiger partial charge is 0.271 e. The van der Waals surface area contributed by atoms with Gasteiger partial charge in [-0.1, -0.05) is 6.92 Å². The van der Waals surface area contributed by atoms with Gasteiger partial charge in [-0.05, 0) is 24.9 Å².